The van der Waals surface area contributed by atoms with E-state index in [1.807, 2.05) is 48.5 Å². The molecule has 0 radical (unpaired) electrons. The zero-order valence-corrected chi connectivity index (χ0v) is 15.3. The Hall–Kier alpha value is -2.30. The number of hydrogen-bond acceptors (Lipinski definition) is 1. The molecule has 1 heteroatoms. The van der Waals surface area contributed by atoms with Crippen molar-refractivity contribution in [1.29, 1.82) is 0 Å². The summed E-state index contributed by atoms with van der Waals surface area (Å²) in [7, 11) is 0. The first-order valence-electron chi connectivity index (χ1n) is 9.16. The molecule has 2 aromatic carbocycles. The fourth-order valence-corrected chi connectivity index (χ4v) is 2.90. The van der Waals surface area contributed by atoms with Gasteiger partial charge in [0, 0.05) is 11.5 Å². The summed E-state index contributed by atoms with van der Waals surface area (Å²) < 4.78 is 0. The van der Waals surface area contributed by atoms with Gasteiger partial charge in [-0.3, -0.25) is 0 Å². The van der Waals surface area contributed by atoms with Crippen LogP contribution < -0.4 is 0 Å². The average molecular weight is 332 g/mol. The summed E-state index contributed by atoms with van der Waals surface area (Å²) >= 11 is 0. The third kappa shape index (κ3) is 7.42. The topological polar surface area (TPSA) is 20.2 Å². The number of aliphatic hydroxyl groups excluding tert-OH is 1. The van der Waals surface area contributed by atoms with Crippen molar-refractivity contribution in [3.05, 3.63) is 77.4 Å². The smallest absolute Gasteiger partial charge is 0.0577 e. The highest BCUT2D eigenvalue weighted by molar-refractivity contribution is 5.53. The molecule has 0 saturated heterocycles. The Morgan fingerprint density at radius 1 is 1.00 bits per heavy atom. The average Bonchev–Trinajstić information content (AvgIpc) is 2.62. The van der Waals surface area contributed by atoms with E-state index in [4.69, 9.17) is 0 Å². The minimum absolute atomic E-state index is 0.254. The van der Waals surface area contributed by atoms with Crippen LogP contribution in [0.15, 0.2) is 66.2 Å². The van der Waals surface area contributed by atoms with Crippen molar-refractivity contribution in [1.82, 2.24) is 0 Å². The van der Waals surface area contributed by atoms with E-state index in [2.05, 4.69) is 43.9 Å². The van der Waals surface area contributed by atoms with Crippen LogP contribution in [0.5, 0.6) is 0 Å². The van der Waals surface area contributed by atoms with Gasteiger partial charge in [-0.25, -0.2) is 0 Å². The Kier molecular flexibility index (Phi) is 8.02. The molecule has 0 aromatic heterocycles. The van der Waals surface area contributed by atoms with E-state index in [1.165, 1.54) is 11.1 Å². The molecule has 0 fully saturated rings. The maximum Gasteiger partial charge on any atom is 0.0577 e. The lowest BCUT2D eigenvalue weighted by atomic mass is 9.93. The predicted octanol–water partition coefficient (Wildman–Crippen LogP) is 5.70. The molecule has 0 amide bonds. The summed E-state index contributed by atoms with van der Waals surface area (Å²) in [6, 6.07) is 20.4. The van der Waals surface area contributed by atoms with E-state index in [-0.39, 0.29) is 12.0 Å². The molecule has 2 aromatic rings. The van der Waals surface area contributed by atoms with Crippen molar-refractivity contribution >= 4 is 6.08 Å². The molecule has 1 N–H and O–H groups in total. The number of rotatable bonds is 7. The van der Waals surface area contributed by atoms with Crippen molar-refractivity contribution in [3.8, 4) is 11.8 Å². The highest BCUT2D eigenvalue weighted by atomic mass is 16.3. The summed E-state index contributed by atoms with van der Waals surface area (Å²) in [5.41, 5.74) is 3.50. The van der Waals surface area contributed by atoms with Crippen molar-refractivity contribution in [2.24, 2.45) is 5.92 Å². The van der Waals surface area contributed by atoms with Crippen molar-refractivity contribution in [3.63, 3.8) is 0 Å². The van der Waals surface area contributed by atoms with Gasteiger partial charge in [0.25, 0.3) is 0 Å². The molecule has 0 heterocycles. The maximum atomic E-state index is 10.2. The van der Waals surface area contributed by atoms with Crippen LogP contribution in [0, 0.1) is 17.8 Å². The highest BCUT2D eigenvalue weighted by Crippen LogP contribution is 2.21. The zero-order valence-electron chi connectivity index (χ0n) is 15.3. The largest absolute Gasteiger partial charge is 0.393 e. The lowest BCUT2D eigenvalue weighted by molar-refractivity contribution is 0.162. The van der Waals surface area contributed by atoms with Gasteiger partial charge in [-0.15, -0.1) is 0 Å². The Bertz CT molecular complexity index is 704. The van der Waals surface area contributed by atoms with Crippen LogP contribution in [0.2, 0.25) is 0 Å². The Morgan fingerprint density at radius 2 is 1.64 bits per heavy atom. The van der Waals surface area contributed by atoms with Crippen molar-refractivity contribution in [2.45, 2.75) is 45.6 Å². The van der Waals surface area contributed by atoms with Crippen LogP contribution in [-0.2, 0) is 0 Å². The Labute approximate surface area is 152 Å². The van der Waals surface area contributed by atoms with Gasteiger partial charge in [-0.2, -0.15) is 0 Å². The van der Waals surface area contributed by atoms with Crippen molar-refractivity contribution in [2.75, 3.05) is 0 Å². The van der Waals surface area contributed by atoms with E-state index in [0.29, 0.717) is 0 Å². The van der Waals surface area contributed by atoms with Gasteiger partial charge >= 0.3 is 0 Å². The number of aliphatic hydroxyl groups is 1. The van der Waals surface area contributed by atoms with E-state index >= 15 is 0 Å². The summed E-state index contributed by atoms with van der Waals surface area (Å²) in [5, 5.41) is 10.2. The van der Waals surface area contributed by atoms with E-state index in [9.17, 15) is 5.11 Å². The standard InChI is InChI=1S/C24H28O/c1-3-10-24(25)19-23(18-22-13-8-5-9-14-22)17-20(2)15-16-21-11-6-4-7-12-21/h4-9,11-14,18,20,24-25H,3,10,17,19H2,1-2H3/b23-18+/t20-,24+/m0/s1. The molecule has 0 spiro atoms. The molecule has 0 aliphatic carbocycles. The van der Waals surface area contributed by atoms with Crippen LogP contribution in [0.25, 0.3) is 6.08 Å². The molecule has 0 aliphatic heterocycles. The monoisotopic (exact) mass is 332 g/mol. The van der Waals surface area contributed by atoms with Crippen LogP contribution >= 0.6 is 0 Å². The van der Waals surface area contributed by atoms with Gasteiger partial charge in [0.1, 0.15) is 0 Å². The highest BCUT2D eigenvalue weighted by Gasteiger charge is 2.10. The molecule has 2 rings (SSSR count). The van der Waals surface area contributed by atoms with Gasteiger partial charge in [0.2, 0.25) is 0 Å². The second kappa shape index (κ2) is 10.5. The molecule has 1 nitrogen and oxygen atoms in total. The molecule has 0 aliphatic rings. The first kappa shape index (κ1) is 19.0. The van der Waals surface area contributed by atoms with Crippen LogP contribution in [-0.4, -0.2) is 11.2 Å². The summed E-state index contributed by atoms with van der Waals surface area (Å²) in [5.74, 6) is 6.85. The van der Waals surface area contributed by atoms with Crippen LogP contribution in [0.4, 0.5) is 0 Å². The minimum atomic E-state index is -0.269. The Balaban J connectivity index is 2.09. The minimum Gasteiger partial charge on any atom is -0.393 e. The molecule has 130 valence electrons. The molecule has 0 bridgehead atoms. The third-order valence-electron chi connectivity index (χ3n) is 4.10. The molecular formula is C24H28O. The summed E-state index contributed by atoms with van der Waals surface area (Å²) in [4.78, 5) is 0. The summed E-state index contributed by atoms with van der Waals surface area (Å²) in [6.07, 6.45) is 5.39. The predicted molar refractivity (Wildman–Crippen MR) is 107 cm³/mol. The molecule has 25 heavy (non-hydrogen) atoms. The molecule has 0 unspecified atom stereocenters. The molecular weight excluding hydrogens is 304 g/mol. The number of benzene rings is 2. The van der Waals surface area contributed by atoms with Gasteiger partial charge in [-0.1, -0.05) is 92.3 Å². The third-order valence-corrected chi connectivity index (χ3v) is 4.10. The van der Waals surface area contributed by atoms with Crippen molar-refractivity contribution < 1.29 is 5.11 Å². The van der Waals surface area contributed by atoms with Gasteiger partial charge in [0.15, 0.2) is 0 Å². The first-order valence-corrected chi connectivity index (χ1v) is 9.16. The lowest BCUT2D eigenvalue weighted by Crippen LogP contribution is -2.08. The van der Waals surface area contributed by atoms with Gasteiger partial charge < -0.3 is 5.11 Å². The second-order valence-corrected chi connectivity index (χ2v) is 6.60. The van der Waals surface area contributed by atoms with E-state index < -0.39 is 0 Å². The van der Waals surface area contributed by atoms with Crippen LogP contribution in [0.1, 0.15) is 50.7 Å². The SMILES string of the molecule is CCC[C@@H](O)C/C(=C/c1ccccc1)C[C@@H](C)C#Cc1ccccc1. The first-order chi connectivity index (χ1) is 12.2. The fourth-order valence-electron chi connectivity index (χ4n) is 2.90. The normalized spacial score (nSPS) is 13.6. The molecule has 0 saturated carbocycles. The molecule has 2 atom stereocenters. The van der Waals surface area contributed by atoms with E-state index in [0.717, 1.165) is 31.2 Å². The Morgan fingerprint density at radius 3 is 2.28 bits per heavy atom. The fraction of sp³-hybridized carbons (Fsp3) is 0.333. The lowest BCUT2D eigenvalue weighted by Gasteiger charge is -2.15. The number of hydrogen-bond donors (Lipinski definition) is 1. The van der Waals surface area contributed by atoms with Gasteiger partial charge in [-0.05, 0) is 37.0 Å². The zero-order chi connectivity index (χ0) is 17.9. The van der Waals surface area contributed by atoms with Crippen LogP contribution in [0.3, 0.4) is 0 Å². The second-order valence-electron chi connectivity index (χ2n) is 6.60. The van der Waals surface area contributed by atoms with Gasteiger partial charge in [0.05, 0.1) is 6.10 Å². The van der Waals surface area contributed by atoms with E-state index in [1.54, 1.807) is 0 Å². The maximum absolute atomic E-state index is 10.2. The quantitative estimate of drug-likeness (QED) is 0.645. The summed E-state index contributed by atoms with van der Waals surface area (Å²) in [6.45, 7) is 4.26.